The number of rotatable bonds is 6. The normalized spacial score (nSPS) is 13.7. The molecule has 0 aliphatic heterocycles. The molecule has 0 saturated carbocycles. The topological polar surface area (TPSA) is 66.3 Å². The number of carbonyl (C=O) groups is 1. The van der Waals surface area contributed by atoms with Crippen molar-refractivity contribution in [2.24, 2.45) is 0 Å². The Balaban J connectivity index is 2.20. The van der Waals surface area contributed by atoms with Gasteiger partial charge in [-0.1, -0.05) is 37.3 Å². The molecule has 0 unspecified atom stereocenters. The molecule has 0 saturated heterocycles. The zero-order valence-electron chi connectivity index (χ0n) is 12.2. The minimum absolute atomic E-state index is 0.207. The van der Waals surface area contributed by atoms with Gasteiger partial charge in [0.15, 0.2) is 5.69 Å². The van der Waals surface area contributed by atoms with E-state index in [4.69, 9.17) is 0 Å². The van der Waals surface area contributed by atoms with Gasteiger partial charge < -0.3 is 10.0 Å². The largest absolute Gasteiger partial charge is 0.388 e. The standard InChI is InChI=1S/C15H19N3O2S/c1-3-15(2,20)11-18(10-12-7-5-4-6-8-12)14(19)13-9-16-21-17-13/h4-9,20H,3,10-11H2,1-2H3/t15-/m1/s1. The van der Waals surface area contributed by atoms with Crippen molar-refractivity contribution in [3.05, 3.63) is 47.8 Å². The first-order chi connectivity index (χ1) is 10.0. The van der Waals surface area contributed by atoms with Gasteiger partial charge in [0, 0.05) is 13.1 Å². The van der Waals surface area contributed by atoms with Crippen LogP contribution in [0.15, 0.2) is 36.5 Å². The molecule has 0 bridgehead atoms. The van der Waals surface area contributed by atoms with Gasteiger partial charge in [0.05, 0.1) is 23.5 Å². The van der Waals surface area contributed by atoms with E-state index in [0.29, 0.717) is 18.7 Å². The van der Waals surface area contributed by atoms with Crippen molar-refractivity contribution in [3.63, 3.8) is 0 Å². The number of aromatic nitrogens is 2. The second-order valence-electron chi connectivity index (χ2n) is 5.29. The predicted octanol–water partition coefficient (Wildman–Crippen LogP) is 2.34. The number of amides is 1. The molecule has 1 amide bonds. The fourth-order valence-corrected chi connectivity index (χ4v) is 2.35. The van der Waals surface area contributed by atoms with E-state index in [1.165, 1.54) is 6.20 Å². The van der Waals surface area contributed by atoms with Gasteiger partial charge in [0.25, 0.3) is 5.91 Å². The van der Waals surface area contributed by atoms with Crippen LogP contribution >= 0.6 is 11.7 Å². The molecule has 2 rings (SSSR count). The van der Waals surface area contributed by atoms with E-state index in [0.717, 1.165) is 17.3 Å². The van der Waals surface area contributed by atoms with Gasteiger partial charge >= 0.3 is 0 Å². The SMILES string of the molecule is CC[C@@](C)(O)CN(Cc1ccccc1)C(=O)c1cnsn1. The third kappa shape index (κ3) is 4.34. The number of aliphatic hydroxyl groups is 1. The molecule has 5 nitrogen and oxygen atoms in total. The maximum absolute atomic E-state index is 12.5. The van der Waals surface area contributed by atoms with Crippen molar-refractivity contribution in [3.8, 4) is 0 Å². The number of carbonyl (C=O) groups excluding carboxylic acids is 1. The van der Waals surface area contributed by atoms with E-state index in [1.54, 1.807) is 11.8 Å². The molecule has 1 aromatic carbocycles. The molecular formula is C15H19N3O2S. The van der Waals surface area contributed by atoms with Crippen LogP contribution in [0.2, 0.25) is 0 Å². The van der Waals surface area contributed by atoms with Gasteiger partial charge in [-0.15, -0.1) is 0 Å². The Morgan fingerprint density at radius 2 is 2.10 bits per heavy atom. The van der Waals surface area contributed by atoms with E-state index in [-0.39, 0.29) is 12.5 Å². The van der Waals surface area contributed by atoms with Crippen molar-refractivity contribution in [1.82, 2.24) is 13.6 Å². The summed E-state index contributed by atoms with van der Waals surface area (Å²) < 4.78 is 7.86. The van der Waals surface area contributed by atoms with Crippen LogP contribution in [-0.2, 0) is 6.54 Å². The average Bonchev–Trinajstić information content (AvgIpc) is 3.01. The van der Waals surface area contributed by atoms with Gasteiger partial charge in [-0.05, 0) is 18.9 Å². The van der Waals surface area contributed by atoms with Crippen molar-refractivity contribution in [1.29, 1.82) is 0 Å². The van der Waals surface area contributed by atoms with Crippen molar-refractivity contribution in [2.45, 2.75) is 32.4 Å². The first kappa shape index (κ1) is 15.6. The maximum Gasteiger partial charge on any atom is 0.275 e. The van der Waals surface area contributed by atoms with Crippen LogP contribution in [0.1, 0.15) is 36.3 Å². The summed E-state index contributed by atoms with van der Waals surface area (Å²) in [6.45, 7) is 4.33. The van der Waals surface area contributed by atoms with E-state index >= 15 is 0 Å². The summed E-state index contributed by atoms with van der Waals surface area (Å²) in [5, 5.41) is 10.3. The molecule has 6 heteroatoms. The van der Waals surface area contributed by atoms with E-state index in [2.05, 4.69) is 8.75 Å². The van der Waals surface area contributed by atoms with Crippen LogP contribution in [0.3, 0.4) is 0 Å². The minimum Gasteiger partial charge on any atom is -0.388 e. The second-order valence-corrected chi connectivity index (χ2v) is 5.85. The Morgan fingerprint density at radius 1 is 1.38 bits per heavy atom. The monoisotopic (exact) mass is 305 g/mol. The van der Waals surface area contributed by atoms with E-state index in [1.807, 2.05) is 37.3 Å². The highest BCUT2D eigenvalue weighted by molar-refractivity contribution is 6.99. The van der Waals surface area contributed by atoms with Crippen molar-refractivity contribution < 1.29 is 9.90 Å². The first-order valence-corrected chi connectivity index (χ1v) is 7.58. The van der Waals surface area contributed by atoms with Crippen molar-refractivity contribution >= 4 is 17.6 Å². The van der Waals surface area contributed by atoms with Crippen molar-refractivity contribution in [2.75, 3.05) is 6.54 Å². The Labute approximate surface area is 128 Å². The number of hydrogen-bond donors (Lipinski definition) is 1. The van der Waals surface area contributed by atoms with Crippen LogP contribution in [0, 0.1) is 0 Å². The molecule has 1 aromatic heterocycles. The highest BCUT2D eigenvalue weighted by Gasteiger charge is 2.27. The molecule has 21 heavy (non-hydrogen) atoms. The van der Waals surface area contributed by atoms with E-state index in [9.17, 15) is 9.90 Å². The summed E-state index contributed by atoms with van der Waals surface area (Å²) in [7, 11) is 0. The summed E-state index contributed by atoms with van der Waals surface area (Å²) in [5.41, 5.74) is 0.414. The molecule has 1 atom stereocenters. The third-order valence-corrected chi connectivity index (χ3v) is 3.86. The van der Waals surface area contributed by atoms with Gasteiger partial charge in [-0.2, -0.15) is 8.75 Å². The van der Waals surface area contributed by atoms with Crippen LogP contribution in [0.5, 0.6) is 0 Å². The van der Waals surface area contributed by atoms with Gasteiger partial charge in [0.1, 0.15) is 0 Å². The molecule has 0 aliphatic rings. The second kappa shape index (κ2) is 6.78. The zero-order chi connectivity index (χ0) is 15.3. The smallest absolute Gasteiger partial charge is 0.275 e. The lowest BCUT2D eigenvalue weighted by Crippen LogP contribution is -2.43. The quantitative estimate of drug-likeness (QED) is 0.889. The molecular weight excluding hydrogens is 286 g/mol. The molecule has 0 aliphatic carbocycles. The number of benzene rings is 1. The molecule has 0 fully saturated rings. The molecule has 1 N–H and O–H groups in total. The van der Waals surface area contributed by atoms with Gasteiger partial charge in [0.2, 0.25) is 0 Å². The highest BCUT2D eigenvalue weighted by Crippen LogP contribution is 2.16. The molecule has 0 spiro atoms. The van der Waals surface area contributed by atoms with Gasteiger partial charge in [-0.3, -0.25) is 4.79 Å². The van der Waals surface area contributed by atoms with E-state index < -0.39 is 5.60 Å². The fraction of sp³-hybridized carbons (Fsp3) is 0.400. The summed E-state index contributed by atoms with van der Waals surface area (Å²) >= 11 is 1.01. The fourth-order valence-electron chi connectivity index (χ4n) is 1.95. The Bertz CT molecular complexity index is 570. The Morgan fingerprint density at radius 3 is 2.67 bits per heavy atom. The highest BCUT2D eigenvalue weighted by atomic mass is 32.1. The lowest BCUT2D eigenvalue weighted by molar-refractivity contribution is 0.0133. The summed E-state index contributed by atoms with van der Waals surface area (Å²) in [5.74, 6) is -0.207. The molecule has 112 valence electrons. The molecule has 0 radical (unpaired) electrons. The first-order valence-electron chi connectivity index (χ1n) is 6.85. The lowest BCUT2D eigenvalue weighted by atomic mass is 10.0. The summed E-state index contributed by atoms with van der Waals surface area (Å²) in [6.07, 6.45) is 2.03. The number of nitrogens with zero attached hydrogens (tertiary/aromatic N) is 3. The summed E-state index contributed by atoms with van der Waals surface area (Å²) in [6, 6.07) is 9.71. The van der Waals surface area contributed by atoms with Gasteiger partial charge in [-0.25, -0.2) is 0 Å². The molecule has 1 heterocycles. The maximum atomic E-state index is 12.5. The molecule has 2 aromatic rings. The minimum atomic E-state index is -0.923. The predicted molar refractivity (Wildman–Crippen MR) is 82.0 cm³/mol. The lowest BCUT2D eigenvalue weighted by Gasteiger charge is -2.30. The Hall–Kier alpha value is -1.79. The van der Waals surface area contributed by atoms with Crippen LogP contribution < -0.4 is 0 Å². The third-order valence-electron chi connectivity index (χ3n) is 3.38. The number of hydrogen-bond acceptors (Lipinski definition) is 5. The van der Waals surface area contributed by atoms with Crippen LogP contribution in [0.25, 0.3) is 0 Å². The zero-order valence-corrected chi connectivity index (χ0v) is 13.0. The van der Waals surface area contributed by atoms with Crippen LogP contribution in [-0.4, -0.2) is 36.8 Å². The Kier molecular flexibility index (Phi) is 5.03. The average molecular weight is 305 g/mol. The van der Waals surface area contributed by atoms with Crippen LogP contribution in [0.4, 0.5) is 0 Å². The summed E-state index contributed by atoms with van der Waals surface area (Å²) in [4.78, 5) is 14.1.